The first-order valence-electron chi connectivity index (χ1n) is 17.2. The van der Waals surface area contributed by atoms with Crippen LogP contribution in [0, 0.1) is 0 Å². The number of ether oxygens (including phenoxy) is 2. The number of hydrogen-bond donors (Lipinski definition) is 2. The summed E-state index contributed by atoms with van der Waals surface area (Å²) >= 11 is 0. The van der Waals surface area contributed by atoms with Crippen molar-refractivity contribution < 1.29 is 37.6 Å². The molecule has 0 rings (SSSR count). The van der Waals surface area contributed by atoms with Gasteiger partial charge in [0, 0.05) is 19.4 Å². The van der Waals surface area contributed by atoms with Crippen molar-refractivity contribution in [3.8, 4) is 0 Å². The number of esters is 2. The van der Waals surface area contributed by atoms with Crippen LogP contribution in [0.2, 0.25) is 0 Å². The number of carbonyl (C=O) groups excluding carboxylic acids is 2. The molecule has 254 valence electrons. The van der Waals surface area contributed by atoms with Gasteiger partial charge in [-0.1, -0.05) is 116 Å². The van der Waals surface area contributed by atoms with E-state index in [9.17, 15) is 19.0 Å². The second-order valence-corrected chi connectivity index (χ2v) is 12.8. The number of nitrogens with two attached hydrogens (primary N) is 1. The van der Waals surface area contributed by atoms with Gasteiger partial charge in [0.25, 0.3) is 0 Å². The highest BCUT2D eigenvalue weighted by Gasteiger charge is 2.25. The lowest BCUT2D eigenvalue weighted by molar-refractivity contribution is -0.161. The molecule has 0 aliphatic rings. The fraction of sp³-hybridized carbons (Fsp3) is 0.879. The van der Waals surface area contributed by atoms with E-state index in [1.165, 1.54) is 77.0 Å². The molecule has 0 aliphatic heterocycles. The minimum Gasteiger partial charge on any atom is -0.462 e. The molecule has 0 bridgehead atoms. The van der Waals surface area contributed by atoms with Gasteiger partial charge in [-0.2, -0.15) is 0 Å². The zero-order chi connectivity index (χ0) is 31.9. The highest BCUT2D eigenvalue weighted by molar-refractivity contribution is 7.47. The van der Waals surface area contributed by atoms with Crippen molar-refractivity contribution in [3.63, 3.8) is 0 Å². The van der Waals surface area contributed by atoms with Gasteiger partial charge in [0.15, 0.2) is 6.10 Å². The van der Waals surface area contributed by atoms with Crippen LogP contribution in [0.15, 0.2) is 12.2 Å². The van der Waals surface area contributed by atoms with Gasteiger partial charge in [0.05, 0.1) is 13.2 Å². The molecule has 3 N–H and O–H groups in total. The lowest BCUT2D eigenvalue weighted by atomic mass is 10.1. The second-order valence-electron chi connectivity index (χ2n) is 11.4. The van der Waals surface area contributed by atoms with Crippen molar-refractivity contribution in [3.05, 3.63) is 12.2 Å². The van der Waals surface area contributed by atoms with E-state index in [4.69, 9.17) is 24.3 Å². The minimum absolute atomic E-state index is 0.0531. The van der Waals surface area contributed by atoms with E-state index >= 15 is 0 Å². The molecule has 0 aliphatic carbocycles. The monoisotopic (exact) mass is 633 g/mol. The number of phosphoric ester groups is 1. The molecular formula is C33H64NO8P. The summed E-state index contributed by atoms with van der Waals surface area (Å²) in [5.41, 5.74) is 5.30. The third-order valence-corrected chi connectivity index (χ3v) is 8.14. The minimum atomic E-state index is -4.36. The van der Waals surface area contributed by atoms with Crippen LogP contribution in [0.25, 0.3) is 0 Å². The van der Waals surface area contributed by atoms with Crippen LogP contribution in [0.5, 0.6) is 0 Å². The molecule has 43 heavy (non-hydrogen) atoms. The van der Waals surface area contributed by atoms with Gasteiger partial charge in [0.2, 0.25) is 0 Å². The second kappa shape index (κ2) is 30.8. The Hall–Kier alpha value is -1.25. The van der Waals surface area contributed by atoms with Crippen LogP contribution < -0.4 is 5.73 Å². The van der Waals surface area contributed by atoms with Gasteiger partial charge in [-0.25, -0.2) is 4.57 Å². The summed E-state index contributed by atoms with van der Waals surface area (Å²) in [6, 6.07) is 0. The zero-order valence-electron chi connectivity index (χ0n) is 27.4. The molecule has 1 unspecified atom stereocenters. The summed E-state index contributed by atoms with van der Waals surface area (Å²) in [5.74, 6) is -0.860. The molecule has 9 nitrogen and oxygen atoms in total. The molecule has 0 radical (unpaired) electrons. The van der Waals surface area contributed by atoms with E-state index in [-0.39, 0.29) is 32.6 Å². The Bertz CT molecular complexity index is 734. The molecule has 0 aromatic heterocycles. The van der Waals surface area contributed by atoms with E-state index in [2.05, 4.69) is 26.0 Å². The quantitative estimate of drug-likeness (QED) is 0.0323. The SMILES string of the molecule is CCCCCCCCCCC/C=C/CCCCC(=O)OC[C@@H](COP(=O)(O)OCCN)OC(=O)CCCCCCCCC. The van der Waals surface area contributed by atoms with Crippen molar-refractivity contribution in [1.29, 1.82) is 0 Å². The van der Waals surface area contributed by atoms with Gasteiger partial charge in [-0.05, 0) is 38.5 Å². The number of unbranched alkanes of at least 4 members (excludes halogenated alkanes) is 17. The summed E-state index contributed by atoms with van der Waals surface area (Å²) < 4.78 is 32.4. The van der Waals surface area contributed by atoms with Gasteiger partial charge >= 0.3 is 19.8 Å². The van der Waals surface area contributed by atoms with Crippen molar-refractivity contribution in [1.82, 2.24) is 0 Å². The highest BCUT2D eigenvalue weighted by atomic mass is 31.2. The summed E-state index contributed by atoms with van der Waals surface area (Å²) in [5, 5.41) is 0. The third-order valence-electron chi connectivity index (χ3n) is 7.15. The lowest BCUT2D eigenvalue weighted by Gasteiger charge is -2.19. The molecule has 10 heteroatoms. The zero-order valence-corrected chi connectivity index (χ0v) is 28.3. The van der Waals surface area contributed by atoms with E-state index in [1.54, 1.807) is 0 Å². The first-order valence-corrected chi connectivity index (χ1v) is 18.7. The largest absolute Gasteiger partial charge is 0.472 e. The van der Waals surface area contributed by atoms with Crippen LogP contribution in [0.3, 0.4) is 0 Å². The van der Waals surface area contributed by atoms with Crippen LogP contribution in [0.1, 0.15) is 155 Å². The normalized spacial score (nSPS) is 13.7. The van der Waals surface area contributed by atoms with Gasteiger partial charge in [-0.15, -0.1) is 0 Å². The van der Waals surface area contributed by atoms with E-state index in [0.717, 1.165) is 38.5 Å². The maximum Gasteiger partial charge on any atom is 0.472 e. The molecule has 0 spiro atoms. The number of carbonyl (C=O) groups is 2. The number of phosphoric acid groups is 1. The summed E-state index contributed by atoms with van der Waals surface area (Å²) in [6.07, 6.45) is 27.0. The Balaban J connectivity index is 4.22. The maximum absolute atomic E-state index is 12.4. The number of rotatable bonds is 32. The fourth-order valence-corrected chi connectivity index (χ4v) is 5.33. The molecule has 0 fully saturated rings. The van der Waals surface area contributed by atoms with E-state index in [0.29, 0.717) is 12.8 Å². The molecule has 0 aromatic carbocycles. The standard InChI is InChI=1S/C33H64NO8P/c1-3-5-7-9-11-12-13-14-15-16-17-18-20-21-23-25-32(35)39-29-31(30-41-43(37,38)40-28-27-34)42-33(36)26-24-22-19-10-8-6-4-2/h17-18,31H,3-16,19-30,34H2,1-2H3,(H,37,38)/b18-17+/t31-/m0/s1. The van der Waals surface area contributed by atoms with Crippen molar-refractivity contribution in [2.24, 2.45) is 5.73 Å². The van der Waals surface area contributed by atoms with Crippen molar-refractivity contribution in [2.45, 2.75) is 161 Å². The molecule has 0 saturated heterocycles. The third kappa shape index (κ3) is 30.6. The Morgan fingerprint density at radius 3 is 1.70 bits per heavy atom. The Morgan fingerprint density at radius 1 is 0.674 bits per heavy atom. The number of hydrogen-bond acceptors (Lipinski definition) is 8. The summed E-state index contributed by atoms with van der Waals surface area (Å²) in [7, 11) is -4.36. The Kier molecular flexibility index (Phi) is 29.9. The Labute approximate surface area is 262 Å². The average Bonchev–Trinajstić information content (AvgIpc) is 2.99. The topological polar surface area (TPSA) is 134 Å². The first kappa shape index (κ1) is 41.8. The predicted octanol–water partition coefficient (Wildman–Crippen LogP) is 8.71. The summed E-state index contributed by atoms with van der Waals surface area (Å²) in [6.45, 7) is 3.64. The van der Waals surface area contributed by atoms with E-state index in [1.807, 2.05) is 0 Å². The predicted molar refractivity (Wildman–Crippen MR) is 174 cm³/mol. The van der Waals surface area contributed by atoms with Crippen molar-refractivity contribution in [2.75, 3.05) is 26.4 Å². The van der Waals surface area contributed by atoms with Gasteiger partial charge in [-0.3, -0.25) is 18.6 Å². The lowest BCUT2D eigenvalue weighted by Crippen LogP contribution is -2.29. The summed E-state index contributed by atoms with van der Waals surface area (Å²) in [4.78, 5) is 34.4. The molecule has 0 aromatic rings. The average molecular weight is 634 g/mol. The molecule has 2 atom stereocenters. The maximum atomic E-state index is 12.4. The van der Waals surface area contributed by atoms with Crippen LogP contribution in [-0.2, 0) is 32.7 Å². The molecular weight excluding hydrogens is 569 g/mol. The van der Waals surface area contributed by atoms with Crippen LogP contribution in [-0.4, -0.2) is 49.3 Å². The first-order chi connectivity index (χ1) is 20.8. The smallest absolute Gasteiger partial charge is 0.462 e. The molecule has 0 heterocycles. The Morgan fingerprint density at radius 2 is 1.14 bits per heavy atom. The van der Waals surface area contributed by atoms with Crippen molar-refractivity contribution >= 4 is 19.8 Å². The highest BCUT2D eigenvalue weighted by Crippen LogP contribution is 2.43. The van der Waals surface area contributed by atoms with Gasteiger partial charge < -0.3 is 20.1 Å². The van der Waals surface area contributed by atoms with E-state index < -0.39 is 32.5 Å². The molecule has 0 saturated carbocycles. The number of allylic oxidation sites excluding steroid dienone is 2. The van der Waals surface area contributed by atoms with Crippen LogP contribution in [0.4, 0.5) is 0 Å². The van der Waals surface area contributed by atoms with Gasteiger partial charge in [0.1, 0.15) is 6.61 Å². The van der Waals surface area contributed by atoms with Crippen LogP contribution >= 0.6 is 7.82 Å². The fourth-order valence-electron chi connectivity index (χ4n) is 4.57. The molecule has 0 amide bonds.